The van der Waals surface area contributed by atoms with Gasteiger partial charge in [-0.05, 0) is 53.6 Å². The van der Waals surface area contributed by atoms with Crippen LogP contribution in [0.15, 0.2) is 66.7 Å². The first kappa shape index (κ1) is 22.0. The summed E-state index contributed by atoms with van der Waals surface area (Å²) in [5, 5.41) is 9.63. The van der Waals surface area contributed by atoms with Crippen LogP contribution in [0.5, 0.6) is 5.75 Å². The van der Waals surface area contributed by atoms with Crippen LogP contribution in [0.3, 0.4) is 0 Å². The van der Waals surface area contributed by atoms with E-state index in [0.29, 0.717) is 35.0 Å². The summed E-state index contributed by atoms with van der Waals surface area (Å²) >= 11 is 6.00. The molecule has 8 heteroatoms. The number of ether oxygens (including phenoxy) is 1. The Hall–Kier alpha value is -3.19. The van der Waals surface area contributed by atoms with Crippen LogP contribution in [0.1, 0.15) is 11.1 Å². The summed E-state index contributed by atoms with van der Waals surface area (Å²) in [7, 11) is 0. The molecule has 4 nitrogen and oxygen atoms in total. The fraction of sp³-hybridized carbons (Fsp3) is 0.208. The molecule has 3 aromatic carbocycles. The third kappa shape index (κ3) is 4.83. The van der Waals surface area contributed by atoms with Gasteiger partial charge < -0.3 is 14.7 Å². The second-order valence-electron chi connectivity index (χ2n) is 7.62. The van der Waals surface area contributed by atoms with Crippen LogP contribution in [0, 0.1) is 5.92 Å². The van der Waals surface area contributed by atoms with Gasteiger partial charge in [-0.3, -0.25) is 4.79 Å². The van der Waals surface area contributed by atoms with E-state index in [4.69, 9.17) is 21.4 Å². The molecule has 1 aliphatic heterocycles. The largest absolute Gasteiger partial charge is 0.488 e. The Bertz CT molecular complexity index is 1140. The van der Waals surface area contributed by atoms with Gasteiger partial charge in [0.2, 0.25) is 0 Å². The normalized spacial score (nSPS) is 14.2. The predicted molar refractivity (Wildman–Crippen MR) is 116 cm³/mol. The molecule has 4 rings (SSSR count). The zero-order valence-corrected chi connectivity index (χ0v) is 17.5. The van der Waals surface area contributed by atoms with Crippen molar-refractivity contribution in [2.45, 2.75) is 12.8 Å². The van der Waals surface area contributed by atoms with E-state index in [9.17, 15) is 18.0 Å². The number of hydrogen-bond donors (Lipinski definition) is 1. The maximum Gasteiger partial charge on any atom is 0.416 e. The van der Waals surface area contributed by atoms with Gasteiger partial charge in [0, 0.05) is 29.4 Å². The molecule has 1 saturated heterocycles. The third-order valence-electron chi connectivity index (χ3n) is 5.34. The van der Waals surface area contributed by atoms with Crippen LogP contribution in [-0.2, 0) is 17.6 Å². The topological polar surface area (TPSA) is 49.8 Å². The monoisotopic (exact) mass is 461 g/mol. The van der Waals surface area contributed by atoms with Crippen LogP contribution >= 0.6 is 11.6 Å². The lowest BCUT2D eigenvalue weighted by atomic mass is 9.97. The Kier molecular flexibility index (Phi) is 6.02. The van der Waals surface area contributed by atoms with Gasteiger partial charge in [0.15, 0.2) is 0 Å². The first-order valence-electron chi connectivity index (χ1n) is 9.87. The van der Waals surface area contributed by atoms with Gasteiger partial charge in [-0.1, -0.05) is 35.9 Å². The maximum atomic E-state index is 13.4. The number of alkyl halides is 3. The fourth-order valence-corrected chi connectivity index (χ4v) is 3.77. The molecule has 0 radical (unpaired) electrons. The Labute approximate surface area is 187 Å². The van der Waals surface area contributed by atoms with Gasteiger partial charge in [0.25, 0.3) is 0 Å². The highest BCUT2D eigenvalue weighted by molar-refractivity contribution is 6.30. The Morgan fingerprint density at radius 2 is 1.81 bits per heavy atom. The molecule has 0 unspecified atom stereocenters. The number of halogens is 4. The van der Waals surface area contributed by atoms with Crippen molar-refractivity contribution in [3.8, 4) is 16.9 Å². The lowest BCUT2D eigenvalue weighted by molar-refractivity contribution is -0.142. The van der Waals surface area contributed by atoms with E-state index in [2.05, 4.69) is 0 Å². The molecule has 0 atom stereocenters. The van der Waals surface area contributed by atoms with Gasteiger partial charge >= 0.3 is 12.1 Å². The molecule has 0 amide bonds. The van der Waals surface area contributed by atoms with Crippen molar-refractivity contribution >= 4 is 23.3 Å². The lowest BCUT2D eigenvalue weighted by Crippen LogP contribution is -2.50. The molecule has 1 N–H and O–H groups in total. The zero-order chi connectivity index (χ0) is 22.9. The third-order valence-corrected chi connectivity index (χ3v) is 5.58. The molecule has 0 saturated carbocycles. The van der Waals surface area contributed by atoms with Crippen LogP contribution in [-0.4, -0.2) is 24.2 Å². The number of anilines is 1. The molecule has 1 heterocycles. The van der Waals surface area contributed by atoms with Gasteiger partial charge in [0.05, 0.1) is 11.5 Å². The maximum absolute atomic E-state index is 13.4. The second-order valence-corrected chi connectivity index (χ2v) is 8.05. The van der Waals surface area contributed by atoms with Gasteiger partial charge in [-0.2, -0.15) is 13.2 Å². The van der Waals surface area contributed by atoms with Crippen LogP contribution in [0.2, 0.25) is 5.02 Å². The smallest absolute Gasteiger partial charge is 0.416 e. The average molecular weight is 462 g/mol. The van der Waals surface area contributed by atoms with Crippen molar-refractivity contribution in [3.63, 3.8) is 0 Å². The van der Waals surface area contributed by atoms with Gasteiger partial charge in [-0.15, -0.1) is 0 Å². The zero-order valence-electron chi connectivity index (χ0n) is 16.8. The summed E-state index contributed by atoms with van der Waals surface area (Å²) in [5.41, 5.74) is 1.62. The van der Waals surface area contributed by atoms with Crippen molar-refractivity contribution in [1.29, 1.82) is 0 Å². The van der Waals surface area contributed by atoms with Gasteiger partial charge in [-0.25, -0.2) is 0 Å². The lowest BCUT2D eigenvalue weighted by Gasteiger charge is -2.38. The minimum absolute atomic E-state index is 0.144. The first-order chi connectivity index (χ1) is 15.2. The fourth-order valence-electron chi connectivity index (χ4n) is 3.56. The highest BCUT2D eigenvalue weighted by Gasteiger charge is 2.33. The molecular formula is C24H19ClF3NO3. The molecule has 3 aromatic rings. The van der Waals surface area contributed by atoms with Crippen LogP contribution in [0.4, 0.5) is 18.9 Å². The summed E-state index contributed by atoms with van der Waals surface area (Å²) in [6.45, 7) is 0.865. The van der Waals surface area contributed by atoms with E-state index >= 15 is 0 Å². The SMILES string of the molecule is O=C(O)C1CN(c2cccc(-c3cc(C(F)(F)F)ccc3OCc3cccc(Cl)c3)c2)C1. The number of carboxylic acid groups (broad SMARTS) is 1. The van der Waals surface area contributed by atoms with Crippen molar-refractivity contribution < 1.29 is 27.8 Å². The van der Waals surface area contributed by atoms with E-state index in [0.717, 1.165) is 23.4 Å². The molecule has 32 heavy (non-hydrogen) atoms. The summed E-state index contributed by atoms with van der Waals surface area (Å²) in [4.78, 5) is 13.0. The average Bonchev–Trinajstić information content (AvgIpc) is 2.70. The van der Waals surface area contributed by atoms with Crippen LogP contribution in [0.25, 0.3) is 11.1 Å². The van der Waals surface area contributed by atoms with Crippen LogP contribution < -0.4 is 9.64 Å². The molecule has 0 bridgehead atoms. The first-order valence-corrected chi connectivity index (χ1v) is 10.2. The van der Waals surface area contributed by atoms with E-state index < -0.39 is 23.6 Å². The quantitative estimate of drug-likeness (QED) is 0.480. The molecule has 1 aliphatic rings. The van der Waals surface area contributed by atoms with Crippen molar-refractivity contribution in [2.75, 3.05) is 18.0 Å². The Morgan fingerprint density at radius 3 is 2.50 bits per heavy atom. The number of carbonyl (C=O) groups is 1. The minimum Gasteiger partial charge on any atom is -0.488 e. The molecule has 1 fully saturated rings. The Balaban J connectivity index is 1.65. The molecule has 0 aromatic heterocycles. The second kappa shape index (κ2) is 8.74. The van der Waals surface area contributed by atoms with E-state index in [1.54, 1.807) is 36.4 Å². The highest BCUT2D eigenvalue weighted by atomic mass is 35.5. The summed E-state index contributed by atoms with van der Waals surface area (Å²) in [5.74, 6) is -0.988. The van der Waals surface area contributed by atoms with Crippen molar-refractivity contribution in [3.05, 3.63) is 82.9 Å². The number of nitrogens with zero attached hydrogens (tertiary/aromatic N) is 1. The van der Waals surface area contributed by atoms with Gasteiger partial charge in [0.1, 0.15) is 12.4 Å². The molecule has 166 valence electrons. The minimum atomic E-state index is -4.50. The number of rotatable bonds is 6. The standard InChI is InChI=1S/C24H19ClF3NO3/c25-19-5-1-3-15(9-19)14-32-22-8-7-18(24(26,27)28)11-21(22)16-4-2-6-20(10-16)29-12-17(13-29)23(30)31/h1-11,17H,12-14H2,(H,30,31). The number of benzene rings is 3. The Morgan fingerprint density at radius 1 is 1.06 bits per heavy atom. The molecule has 0 aliphatic carbocycles. The number of hydrogen-bond acceptors (Lipinski definition) is 3. The highest BCUT2D eigenvalue weighted by Crippen LogP contribution is 2.39. The summed E-state index contributed by atoms with van der Waals surface area (Å²) in [6.07, 6.45) is -4.50. The summed E-state index contributed by atoms with van der Waals surface area (Å²) < 4.78 is 46.0. The van der Waals surface area contributed by atoms with Crippen molar-refractivity contribution in [1.82, 2.24) is 0 Å². The van der Waals surface area contributed by atoms with E-state index in [-0.39, 0.29) is 6.61 Å². The molecular weight excluding hydrogens is 443 g/mol. The van der Waals surface area contributed by atoms with E-state index in [1.807, 2.05) is 17.0 Å². The summed E-state index contributed by atoms with van der Waals surface area (Å²) in [6, 6.07) is 17.4. The predicted octanol–water partition coefficient (Wildman–Crippen LogP) is 6.13. The number of aliphatic carboxylic acids is 1. The van der Waals surface area contributed by atoms with Crippen molar-refractivity contribution in [2.24, 2.45) is 5.92 Å². The van der Waals surface area contributed by atoms with E-state index in [1.165, 1.54) is 6.07 Å². The number of carboxylic acids is 1. The molecule has 0 spiro atoms.